The Labute approximate surface area is 78.3 Å². The van der Waals surface area contributed by atoms with Gasteiger partial charge >= 0.3 is 5.95 Å². The summed E-state index contributed by atoms with van der Waals surface area (Å²) in [4.78, 5) is 0. The molecule has 2 unspecified atom stereocenters. The smallest absolute Gasteiger partial charge is 0.316 e. The quantitative estimate of drug-likeness (QED) is 0.680. The lowest BCUT2D eigenvalue weighted by molar-refractivity contribution is -0.116. The molecule has 3 heteroatoms. The Morgan fingerprint density at radius 2 is 2.31 bits per heavy atom. The standard InChI is InChI=1S/C10H16O3/c1-10(2)5-3-4-7(10)9-12-6-8(11)13-9/h6-7,9,11H,3-5H2,1-2H3. The zero-order valence-electron chi connectivity index (χ0n) is 8.12. The first-order chi connectivity index (χ1) is 6.09. The van der Waals surface area contributed by atoms with E-state index in [0.29, 0.717) is 5.92 Å². The van der Waals surface area contributed by atoms with Crippen molar-refractivity contribution in [2.45, 2.75) is 39.4 Å². The SMILES string of the molecule is CC1(C)CCCC1C1OC=C(O)O1. The molecule has 1 heterocycles. The first-order valence-corrected chi connectivity index (χ1v) is 4.81. The molecular formula is C10H16O3. The highest BCUT2D eigenvalue weighted by molar-refractivity contribution is 4.91. The molecule has 3 nitrogen and oxygen atoms in total. The Morgan fingerprint density at radius 3 is 2.77 bits per heavy atom. The lowest BCUT2D eigenvalue weighted by atomic mass is 9.81. The zero-order valence-corrected chi connectivity index (χ0v) is 8.12. The van der Waals surface area contributed by atoms with Gasteiger partial charge in [-0.15, -0.1) is 0 Å². The lowest BCUT2D eigenvalue weighted by Gasteiger charge is -2.29. The summed E-state index contributed by atoms with van der Waals surface area (Å²) < 4.78 is 10.4. The van der Waals surface area contributed by atoms with E-state index < -0.39 is 0 Å². The summed E-state index contributed by atoms with van der Waals surface area (Å²) >= 11 is 0. The van der Waals surface area contributed by atoms with E-state index in [4.69, 9.17) is 14.6 Å². The van der Waals surface area contributed by atoms with Crippen LogP contribution in [0.4, 0.5) is 0 Å². The zero-order chi connectivity index (χ0) is 9.47. The largest absolute Gasteiger partial charge is 0.479 e. The van der Waals surface area contributed by atoms with E-state index in [1.165, 1.54) is 19.1 Å². The second kappa shape index (κ2) is 2.82. The van der Waals surface area contributed by atoms with Gasteiger partial charge in [0.2, 0.25) is 6.29 Å². The Bertz CT molecular complexity index is 232. The van der Waals surface area contributed by atoms with Crippen LogP contribution in [0.2, 0.25) is 0 Å². The van der Waals surface area contributed by atoms with E-state index in [1.54, 1.807) is 0 Å². The highest BCUT2D eigenvalue weighted by Gasteiger charge is 2.43. The molecule has 74 valence electrons. The number of hydrogen-bond donors (Lipinski definition) is 1. The highest BCUT2D eigenvalue weighted by atomic mass is 16.8. The molecule has 0 radical (unpaired) electrons. The van der Waals surface area contributed by atoms with Gasteiger partial charge in [0.1, 0.15) is 0 Å². The van der Waals surface area contributed by atoms with Gasteiger partial charge in [0, 0.05) is 5.92 Å². The van der Waals surface area contributed by atoms with Crippen molar-refractivity contribution in [3.8, 4) is 0 Å². The van der Waals surface area contributed by atoms with Crippen molar-refractivity contribution in [3.63, 3.8) is 0 Å². The van der Waals surface area contributed by atoms with E-state index in [9.17, 15) is 0 Å². The second-order valence-electron chi connectivity index (χ2n) is 4.57. The van der Waals surface area contributed by atoms with E-state index >= 15 is 0 Å². The summed E-state index contributed by atoms with van der Waals surface area (Å²) in [6, 6.07) is 0. The maximum Gasteiger partial charge on any atom is 0.316 e. The molecule has 2 atom stereocenters. The molecule has 0 aromatic rings. The Morgan fingerprint density at radius 1 is 1.54 bits per heavy atom. The third kappa shape index (κ3) is 1.47. The predicted molar refractivity (Wildman–Crippen MR) is 47.8 cm³/mol. The van der Waals surface area contributed by atoms with Crippen LogP contribution in [-0.2, 0) is 9.47 Å². The van der Waals surface area contributed by atoms with E-state index in [2.05, 4.69) is 13.8 Å². The number of aliphatic hydroxyl groups is 1. The number of ether oxygens (including phenoxy) is 2. The minimum absolute atomic E-state index is 0.0901. The van der Waals surface area contributed by atoms with Crippen LogP contribution in [0.15, 0.2) is 12.2 Å². The average molecular weight is 184 g/mol. The molecule has 1 saturated carbocycles. The molecule has 0 saturated heterocycles. The van der Waals surface area contributed by atoms with Gasteiger partial charge in [-0.2, -0.15) is 0 Å². The third-order valence-corrected chi connectivity index (χ3v) is 3.21. The van der Waals surface area contributed by atoms with E-state index in [1.807, 2.05) is 0 Å². The second-order valence-corrected chi connectivity index (χ2v) is 4.57. The first kappa shape index (κ1) is 8.73. The number of rotatable bonds is 1. The summed E-state index contributed by atoms with van der Waals surface area (Å²) in [6.07, 6.45) is 4.58. The molecule has 0 aromatic heterocycles. The van der Waals surface area contributed by atoms with Crippen LogP contribution in [0, 0.1) is 11.3 Å². The van der Waals surface area contributed by atoms with Gasteiger partial charge in [-0.1, -0.05) is 20.3 Å². The van der Waals surface area contributed by atoms with Crippen molar-refractivity contribution in [2.24, 2.45) is 11.3 Å². The van der Waals surface area contributed by atoms with Crippen LogP contribution in [0.5, 0.6) is 0 Å². The summed E-state index contributed by atoms with van der Waals surface area (Å²) in [6.45, 7) is 4.46. The average Bonchev–Trinajstić information content (AvgIpc) is 2.56. The van der Waals surface area contributed by atoms with Crippen molar-refractivity contribution >= 4 is 0 Å². The fourth-order valence-corrected chi connectivity index (χ4v) is 2.34. The molecule has 13 heavy (non-hydrogen) atoms. The van der Waals surface area contributed by atoms with Crippen LogP contribution in [0.3, 0.4) is 0 Å². The fraction of sp³-hybridized carbons (Fsp3) is 0.800. The van der Waals surface area contributed by atoms with Gasteiger partial charge in [-0.05, 0) is 18.3 Å². The minimum Gasteiger partial charge on any atom is -0.479 e. The maximum absolute atomic E-state index is 9.04. The van der Waals surface area contributed by atoms with Gasteiger partial charge in [0.25, 0.3) is 0 Å². The molecule has 0 bridgehead atoms. The van der Waals surface area contributed by atoms with Gasteiger partial charge in [-0.3, -0.25) is 0 Å². The lowest BCUT2D eigenvalue weighted by Crippen LogP contribution is -2.30. The molecule has 2 aliphatic rings. The minimum atomic E-state index is -0.266. The maximum atomic E-state index is 9.04. The molecular weight excluding hydrogens is 168 g/mol. The summed E-state index contributed by atoms with van der Waals surface area (Å²) in [5.41, 5.74) is 0.267. The van der Waals surface area contributed by atoms with Crippen LogP contribution < -0.4 is 0 Å². The van der Waals surface area contributed by atoms with Crippen molar-refractivity contribution < 1.29 is 14.6 Å². The Hall–Kier alpha value is -0.860. The predicted octanol–water partition coefficient (Wildman–Crippen LogP) is 2.54. The molecule has 1 fully saturated rings. The van der Waals surface area contributed by atoms with Gasteiger partial charge < -0.3 is 14.6 Å². The van der Waals surface area contributed by atoms with Crippen molar-refractivity contribution in [1.29, 1.82) is 0 Å². The molecule has 1 aliphatic heterocycles. The van der Waals surface area contributed by atoms with Crippen molar-refractivity contribution in [1.82, 2.24) is 0 Å². The number of aliphatic hydroxyl groups excluding tert-OH is 1. The third-order valence-electron chi connectivity index (χ3n) is 3.21. The van der Waals surface area contributed by atoms with Gasteiger partial charge in [0.15, 0.2) is 6.26 Å². The van der Waals surface area contributed by atoms with Crippen LogP contribution in [0.25, 0.3) is 0 Å². The molecule has 1 N–H and O–H groups in total. The number of hydrogen-bond acceptors (Lipinski definition) is 3. The molecule has 0 amide bonds. The van der Waals surface area contributed by atoms with Gasteiger partial charge in [-0.25, -0.2) is 0 Å². The van der Waals surface area contributed by atoms with E-state index in [0.717, 1.165) is 6.42 Å². The van der Waals surface area contributed by atoms with Crippen LogP contribution in [0.1, 0.15) is 33.1 Å². The van der Waals surface area contributed by atoms with Crippen LogP contribution in [-0.4, -0.2) is 11.4 Å². The monoisotopic (exact) mass is 184 g/mol. The molecule has 0 aromatic carbocycles. The van der Waals surface area contributed by atoms with Crippen molar-refractivity contribution in [3.05, 3.63) is 12.2 Å². The highest BCUT2D eigenvalue weighted by Crippen LogP contribution is 2.46. The molecule has 0 spiro atoms. The molecule has 1 aliphatic carbocycles. The fourth-order valence-electron chi connectivity index (χ4n) is 2.34. The Kier molecular flexibility index (Phi) is 1.90. The van der Waals surface area contributed by atoms with Crippen molar-refractivity contribution in [2.75, 3.05) is 0 Å². The summed E-state index contributed by atoms with van der Waals surface area (Å²) in [5.74, 6) is 0.307. The first-order valence-electron chi connectivity index (χ1n) is 4.81. The van der Waals surface area contributed by atoms with Crippen LogP contribution >= 0.6 is 0 Å². The molecule has 2 rings (SSSR count). The summed E-state index contributed by atoms with van der Waals surface area (Å²) in [7, 11) is 0. The van der Waals surface area contributed by atoms with Gasteiger partial charge in [0.05, 0.1) is 0 Å². The topological polar surface area (TPSA) is 38.7 Å². The summed E-state index contributed by atoms with van der Waals surface area (Å²) in [5, 5.41) is 9.04. The van der Waals surface area contributed by atoms with E-state index in [-0.39, 0.29) is 17.7 Å². The Balaban J connectivity index is 2.02. The normalized spacial score (nSPS) is 36.6.